The number of rotatable bonds is 21. The predicted molar refractivity (Wildman–Crippen MR) is 197 cm³/mol. The van der Waals surface area contributed by atoms with Gasteiger partial charge in [-0.05, 0) is 55.9 Å². The minimum Gasteiger partial charge on any atom is -0.480 e. The second-order valence-corrected chi connectivity index (χ2v) is 14.9. The maximum atomic E-state index is 13.9. The largest absolute Gasteiger partial charge is 0.480 e. The SMILES string of the molecule is CC(C)C[C@H](NC(=O)[C@H](C)NC(=O)[C@@H](NC(=O)[C@H](Cc1ccccc1)NC(=O)[C@H](CC(C)C)NC(=O)[C@H](C)NC(=O)[C@@H](N)C(C)C)C(C)C)C(=O)O. The van der Waals surface area contributed by atoms with Gasteiger partial charge in [-0.2, -0.15) is 0 Å². The average Bonchev–Trinajstić information content (AvgIpc) is 3.05. The minimum absolute atomic E-state index is 0.00154. The molecule has 1 aromatic carbocycles. The number of carboxylic acids is 1. The van der Waals surface area contributed by atoms with Crippen molar-refractivity contribution < 1.29 is 38.7 Å². The van der Waals surface area contributed by atoms with Gasteiger partial charge in [0.05, 0.1) is 6.04 Å². The summed E-state index contributed by atoms with van der Waals surface area (Å²) in [4.78, 5) is 91.1. The fraction of sp³-hybridized carbons (Fsp3) is 0.649. The van der Waals surface area contributed by atoms with Crippen LogP contribution in [0, 0.1) is 23.7 Å². The van der Waals surface area contributed by atoms with Crippen LogP contribution in [0.2, 0.25) is 0 Å². The van der Waals surface area contributed by atoms with Crippen molar-refractivity contribution in [3.63, 3.8) is 0 Å². The van der Waals surface area contributed by atoms with Crippen LogP contribution in [-0.2, 0) is 40.0 Å². The lowest BCUT2D eigenvalue weighted by molar-refractivity contribution is -0.142. The lowest BCUT2D eigenvalue weighted by atomic mass is 9.99. The molecule has 0 unspecified atom stereocenters. The van der Waals surface area contributed by atoms with Gasteiger partial charge < -0.3 is 42.7 Å². The minimum atomic E-state index is -1.19. The molecule has 15 heteroatoms. The van der Waals surface area contributed by atoms with Gasteiger partial charge in [0.1, 0.15) is 36.3 Å². The van der Waals surface area contributed by atoms with Gasteiger partial charge in [-0.1, -0.05) is 85.7 Å². The Morgan fingerprint density at radius 3 is 1.44 bits per heavy atom. The molecule has 292 valence electrons. The zero-order valence-corrected chi connectivity index (χ0v) is 32.2. The van der Waals surface area contributed by atoms with Crippen molar-refractivity contribution in [1.82, 2.24) is 31.9 Å². The van der Waals surface area contributed by atoms with E-state index >= 15 is 0 Å². The third-order valence-corrected chi connectivity index (χ3v) is 8.35. The number of carbonyl (C=O) groups excluding carboxylic acids is 6. The molecule has 0 radical (unpaired) electrons. The quantitative estimate of drug-likeness (QED) is 0.0899. The van der Waals surface area contributed by atoms with E-state index in [4.69, 9.17) is 5.73 Å². The topological polar surface area (TPSA) is 238 Å². The first-order valence-corrected chi connectivity index (χ1v) is 18.0. The van der Waals surface area contributed by atoms with Gasteiger partial charge in [0.2, 0.25) is 35.4 Å². The maximum absolute atomic E-state index is 13.9. The number of hydrogen-bond donors (Lipinski definition) is 8. The second kappa shape index (κ2) is 21.7. The predicted octanol–water partition coefficient (Wildman–Crippen LogP) is 0.994. The summed E-state index contributed by atoms with van der Waals surface area (Å²) in [6, 6.07) is 1.48. The number of hydrogen-bond acceptors (Lipinski definition) is 8. The van der Waals surface area contributed by atoms with E-state index < -0.39 is 89.6 Å². The number of benzene rings is 1. The van der Waals surface area contributed by atoms with Gasteiger partial charge in [0.25, 0.3) is 0 Å². The van der Waals surface area contributed by atoms with Crippen LogP contribution in [0.15, 0.2) is 30.3 Å². The van der Waals surface area contributed by atoms with Crippen LogP contribution in [0.4, 0.5) is 0 Å². The van der Waals surface area contributed by atoms with Gasteiger partial charge in [-0.15, -0.1) is 0 Å². The van der Waals surface area contributed by atoms with Crippen molar-refractivity contribution >= 4 is 41.4 Å². The summed E-state index contributed by atoms with van der Waals surface area (Å²) in [5.74, 6) is -5.64. The highest BCUT2D eigenvalue weighted by Gasteiger charge is 2.34. The molecule has 0 aromatic heterocycles. The second-order valence-electron chi connectivity index (χ2n) is 14.9. The Kier molecular flexibility index (Phi) is 19.0. The zero-order chi connectivity index (χ0) is 39.9. The van der Waals surface area contributed by atoms with Crippen LogP contribution < -0.4 is 37.6 Å². The molecule has 1 rings (SSSR count). The van der Waals surface area contributed by atoms with Crippen LogP contribution >= 0.6 is 0 Å². The monoisotopic (exact) mass is 731 g/mol. The van der Waals surface area contributed by atoms with Crippen LogP contribution in [-0.4, -0.2) is 88.8 Å². The van der Waals surface area contributed by atoms with Gasteiger partial charge in [0, 0.05) is 6.42 Å². The van der Waals surface area contributed by atoms with E-state index in [1.165, 1.54) is 13.8 Å². The first kappa shape index (κ1) is 45.5. The number of aliphatic carboxylic acids is 1. The van der Waals surface area contributed by atoms with Crippen molar-refractivity contribution in [2.75, 3.05) is 0 Å². The lowest BCUT2D eigenvalue weighted by Gasteiger charge is -2.28. The van der Waals surface area contributed by atoms with E-state index in [-0.39, 0.29) is 37.0 Å². The normalized spacial score (nSPS) is 15.4. The Morgan fingerprint density at radius 1 is 0.538 bits per heavy atom. The molecule has 0 fully saturated rings. The van der Waals surface area contributed by atoms with E-state index in [9.17, 15) is 38.7 Å². The van der Waals surface area contributed by atoms with E-state index in [0.29, 0.717) is 0 Å². The highest BCUT2D eigenvalue weighted by Crippen LogP contribution is 2.11. The highest BCUT2D eigenvalue weighted by atomic mass is 16.4. The van der Waals surface area contributed by atoms with Gasteiger partial charge >= 0.3 is 5.97 Å². The van der Waals surface area contributed by atoms with E-state index in [2.05, 4.69) is 31.9 Å². The fourth-order valence-electron chi connectivity index (χ4n) is 5.16. The first-order valence-electron chi connectivity index (χ1n) is 18.0. The standard InChI is InChI=1S/C37H61N7O8/c1-19(2)16-26(41-31(45)23(9)39-35(49)29(38)21(5)6)33(47)42-27(18-25-14-12-11-13-15-25)34(48)44-30(22(7)8)36(50)40-24(10)32(46)43-28(37(51)52)17-20(3)4/h11-15,19-24,26-30H,16-18,38H2,1-10H3,(H,39,49)(H,40,50)(H,41,45)(H,42,47)(H,43,46)(H,44,48)(H,51,52)/t23-,24-,26-,27-,28-,29-,30-/m0/s1. The molecule has 1 aromatic rings. The van der Waals surface area contributed by atoms with E-state index in [1.54, 1.807) is 58.0 Å². The first-order chi connectivity index (χ1) is 24.1. The summed E-state index contributed by atoms with van der Waals surface area (Å²) in [6.45, 7) is 17.2. The van der Waals surface area contributed by atoms with Crippen molar-refractivity contribution in [1.29, 1.82) is 0 Å². The third kappa shape index (κ3) is 15.8. The molecule has 52 heavy (non-hydrogen) atoms. The number of nitrogens with two attached hydrogens (primary N) is 1. The Bertz CT molecular complexity index is 1370. The number of amides is 6. The summed E-state index contributed by atoms with van der Waals surface area (Å²) >= 11 is 0. The van der Waals surface area contributed by atoms with Crippen LogP contribution in [0.1, 0.15) is 87.6 Å². The Labute approximate surface area is 307 Å². The highest BCUT2D eigenvalue weighted by molar-refractivity contribution is 5.97. The Morgan fingerprint density at radius 2 is 0.981 bits per heavy atom. The molecule has 6 amide bonds. The van der Waals surface area contributed by atoms with Crippen LogP contribution in [0.5, 0.6) is 0 Å². The van der Waals surface area contributed by atoms with Gasteiger partial charge in [-0.25, -0.2) is 4.79 Å². The molecule has 9 N–H and O–H groups in total. The molecule has 15 nitrogen and oxygen atoms in total. The van der Waals surface area contributed by atoms with E-state index in [0.717, 1.165) is 5.56 Å². The molecular weight excluding hydrogens is 670 g/mol. The summed E-state index contributed by atoms with van der Waals surface area (Å²) in [5, 5.41) is 25.2. The molecule has 0 saturated heterocycles. The molecular formula is C37H61N7O8. The zero-order valence-electron chi connectivity index (χ0n) is 32.2. The van der Waals surface area contributed by atoms with Crippen molar-refractivity contribution in [2.45, 2.75) is 131 Å². The van der Waals surface area contributed by atoms with E-state index in [1.807, 2.05) is 27.7 Å². The summed E-state index contributed by atoms with van der Waals surface area (Å²) in [6.07, 6.45) is 0.476. The van der Waals surface area contributed by atoms with Gasteiger partial charge in [0.15, 0.2) is 0 Å². The number of carboxylic acid groups (broad SMARTS) is 1. The van der Waals surface area contributed by atoms with Crippen molar-refractivity contribution in [3.8, 4) is 0 Å². The average molecular weight is 732 g/mol. The smallest absolute Gasteiger partial charge is 0.326 e. The van der Waals surface area contributed by atoms with Crippen LogP contribution in [0.3, 0.4) is 0 Å². The molecule has 7 atom stereocenters. The number of nitrogens with one attached hydrogen (secondary N) is 6. The molecule has 0 saturated carbocycles. The summed E-state index contributed by atoms with van der Waals surface area (Å²) in [7, 11) is 0. The third-order valence-electron chi connectivity index (χ3n) is 8.35. The lowest BCUT2D eigenvalue weighted by Crippen LogP contribution is -2.60. The maximum Gasteiger partial charge on any atom is 0.326 e. The van der Waals surface area contributed by atoms with Crippen molar-refractivity contribution in [2.24, 2.45) is 29.4 Å². The molecule has 0 aliphatic carbocycles. The summed E-state index contributed by atoms with van der Waals surface area (Å²) < 4.78 is 0. The number of carbonyl (C=O) groups is 7. The van der Waals surface area contributed by atoms with Crippen molar-refractivity contribution in [3.05, 3.63) is 35.9 Å². The Hall–Kier alpha value is -4.53. The van der Waals surface area contributed by atoms with Gasteiger partial charge in [-0.3, -0.25) is 28.8 Å². The molecule has 0 spiro atoms. The molecule has 0 aliphatic rings. The molecule has 0 heterocycles. The summed E-state index contributed by atoms with van der Waals surface area (Å²) in [5.41, 5.74) is 6.63. The van der Waals surface area contributed by atoms with Crippen LogP contribution in [0.25, 0.3) is 0 Å². The fourth-order valence-corrected chi connectivity index (χ4v) is 5.16. The molecule has 0 bridgehead atoms. The molecule has 0 aliphatic heterocycles. The Balaban J connectivity index is 3.21.